The summed E-state index contributed by atoms with van der Waals surface area (Å²) in [6.45, 7) is 5.19. The lowest BCUT2D eigenvalue weighted by atomic mass is 10.2. The number of para-hydroxylation sites is 1. The third-order valence-electron chi connectivity index (χ3n) is 2.11. The molecule has 15 heavy (non-hydrogen) atoms. The van der Waals surface area contributed by atoms with Crippen LogP contribution in [0.4, 0.5) is 0 Å². The number of hydrogen-bond acceptors (Lipinski definition) is 3. The maximum Gasteiger partial charge on any atom is 0.231 e. The van der Waals surface area contributed by atoms with E-state index in [1.165, 1.54) is 0 Å². The number of halogens is 1. The first kappa shape index (κ1) is 10.3. The lowest BCUT2D eigenvalue weighted by Gasteiger charge is -2.06. The Balaban J connectivity index is 2.02. The molecule has 3 nitrogen and oxygen atoms in total. The Labute approximate surface area is 93.6 Å². The van der Waals surface area contributed by atoms with Crippen molar-refractivity contribution in [2.24, 2.45) is 0 Å². The largest absolute Gasteiger partial charge is 0.454 e. The normalized spacial score (nSPS) is 12.9. The molecule has 1 aliphatic rings. The summed E-state index contributed by atoms with van der Waals surface area (Å²) < 4.78 is 10.6. The molecule has 0 spiro atoms. The van der Waals surface area contributed by atoms with Crippen LogP contribution in [-0.4, -0.2) is 13.3 Å². The SMILES string of the molecule is C=C(Cl)CNCc1cccc2c1OCO2. The molecule has 4 heteroatoms. The molecule has 1 heterocycles. The van der Waals surface area contributed by atoms with Gasteiger partial charge in [-0.2, -0.15) is 0 Å². The molecule has 0 unspecified atom stereocenters. The van der Waals surface area contributed by atoms with Crippen molar-refractivity contribution in [3.05, 3.63) is 35.4 Å². The van der Waals surface area contributed by atoms with Crippen LogP contribution >= 0.6 is 11.6 Å². The Hall–Kier alpha value is -1.19. The van der Waals surface area contributed by atoms with Crippen LogP contribution in [-0.2, 0) is 6.54 Å². The third kappa shape index (κ3) is 2.43. The quantitative estimate of drug-likeness (QED) is 0.853. The minimum Gasteiger partial charge on any atom is -0.454 e. The number of fused-ring (bicyclic) bond motifs is 1. The van der Waals surface area contributed by atoms with Gasteiger partial charge < -0.3 is 14.8 Å². The van der Waals surface area contributed by atoms with E-state index in [-0.39, 0.29) is 0 Å². The molecule has 80 valence electrons. The van der Waals surface area contributed by atoms with Gasteiger partial charge in [-0.15, -0.1) is 0 Å². The summed E-state index contributed by atoms with van der Waals surface area (Å²) in [5, 5.41) is 3.76. The van der Waals surface area contributed by atoms with Crippen molar-refractivity contribution in [3.63, 3.8) is 0 Å². The van der Waals surface area contributed by atoms with Gasteiger partial charge in [0, 0.05) is 23.7 Å². The van der Waals surface area contributed by atoms with Crippen molar-refractivity contribution in [3.8, 4) is 11.5 Å². The minimum atomic E-state index is 0.300. The van der Waals surface area contributed by atoms with Crippen LogP contribution in [0.3, 0.4) is 0 Å². The summed E-state index contributed by atoms with van der Waals surface area (Å²) in [5.41, 5.74) is 1.07. The number of rotatable bonds is 4. The molecule has 0 aromatic heterocycles. The summed E-state index contributed by atoms with van der Waals surface area (Å²) >= 11 is 5.65. The second-order valence-electron chi connectivity index (χ2n) is 3.27. The van der Waals surface area contributed by atoms with E-state index < -0.39 is 0 Å². The Kier molecular flexibility index (Phi) is 3.14. The zero-order valence-electron chi connectivity index (χ0n) is 8.25. The molecule has 0 atom stereocenters. The van der Waals surface area contributed by atoms with Gasteiger partial charge in [0.25, 0.3) is 0 Å². The molecule has 1 N–H and O–H groups in total. The lowest BCUT2D eigenvalue weighted by molar-refractivity contribution is 0.173. The van der Waals surface area contributed by atoms with Gasteiger partial charge in [-0.25, -0.2) is 0 Å². The zero-order valence-corrected chi connectivity index (χ0v) is 9.01. The van der Waals surface area contributed by atoms with Gasteiger partial charge in [-0.3, -0.25) is 0 Å². The molecule has 0 saturated heterocycles. The molecule has 0 saturated carbocycles. The first-order valence-corrected chi connectivity index (χ1v) is 5.06. The Bertz CT molecular complexity index is 379. The van der Waals surface area contributed by atoms with Gasteiger partial charge in [0.15, 0.2) is 11.5 Å². The van der Waals surface area contributed by atoms with Crippen LogP contribution in [0.25, 0.3) is 0 Å². The summed E-state index contributed by atoms with van der Waals surface area (Å²) in [5.74, 6) is 1.63. The van der Waals surface area contributed by atoms with Crippen molar-refractivity contribution < 1.29 is 9.47 Å². The maximum atomic E-state index is 5.65. The molecule has 1 aromatic carbocycles. The summed E-state index contributed by atoms with van der Waals surface area (Å²) in [7, 11) is 0. The fourth-order valence-electron chi connectivity index (χ4n) is 1.46. The third-order valence-corrected chi connectivity index (χ3v) is 2.24. The van der Waals surface area contributed by atoms with Crippen LogP contribution in [0.5, 0.6) is 11.5 Å². The maximum absolute atomic E-state index is 5.65. The molecule has 0 amide bonds. The van der Waals surface area contributed by atoms with Crippen molar-refractivity contribution in [2.75, 3.05) is 13.3 Å². The minimum absolute atomic E-state index is 0.300. The highest BCUT2D eigenvalue weighted by Crippen LogP contribution is 2.35. The molecule has 0 radical (unpaired) electrons. The summed E-state index contributed by atoms with van der Waals surface area (Å²) in [4.78, 5) is 0. The van der Waals surface area contributed by atoms with Gasteiger partial charge in [0.05, 0.1) is 0 Å². The van der Waals surface area contributed by atoms with E-state index in [4.69, 9.17) is 21.1 Å². The van der Waals surface area contributed by atoms with Gasteiger partial charge >= 0.3 is 0 Å². The van der Waals surface area contributed by atoms with E-state index in [9.17, 15) is 0 Å². The summed E-state index contributed by atoms with van der Waals surface area (Å²) in [6, 6.07) is 5.84. The van der Waals surface area contributed by atoms with E-state index >= 15 is 0 Å². The van der Waals surface area contributed by atoms with E-state index in [0.717, 1.165) is 17.1 Å². The van der Waals surface area contributed by atoms with Crippen molar-refractivity contribution >= 4 is 11.6 Å². The van der Waals surface area contributed by atoms with Gasteiger partial charge in [-0.05, 0) is 6.07 Å². The summed E-state index contributed by atoms with van der Waals surface area (Å²) in [6.07, 6.45) is 0. The monoisotopic (exact) mass is 225 g/mol. The average molecular weight is 226 g/mol. The molecular weight excluding hydrogens is 214 g/mol. The topological polar surface area (TPSA) is 30.5 Å². The number of ether oxygens (including phenoxy) is 2. The van der Waals surface area contributed by atoms with Crippen LogP contribution in [0.1, 0.15) is 5.56 Å². The van der Waals surface area contributed by atoms with E-state index in [2.05, 4.69) is 11.9 Å². The van der Waals surface area contributed by atoms with Gasteiger partial charge in [0.1, 0.15) is 0 Å². The molecule has 0 aliphatic carbocycles. The Morgan fingerprint density at radius 1 is 1.47 bits per heavy atom. The van der Waals surface area contributed by atoms with Crippen LogP contribution in [0.2, 0.25) is 0 Å². The highest BCUT2D eigenvalue weighted by molar-refractivity contribution is 6.29. The molecular formula is C11H12ClNO2. The lowest BCUT2D eigenvalue weighted by Crippen LogP contribution is -2.14. The van der Waals surface area contributed by atoms with Gasteiger partial charge in [-0.1, -0.05) is 30.3 Å². The fourth-order valence-corrected chi connectivity index (χ4v) is 1.56. The number of hydrogen-bond donors (Lipinski definition) is 1. The Morgan fingerprint density at radius 2 is 2.33 bits per heavy atom. The van der Waals surface area contributed by atoms with Crippen LogP contribution in [0.15, 0.2) is 29.8 Å². The van der Waals surface area contributed by atoms with Crippen molar-refractivity contribution in [2.45, 2.75) is 6.54 Å². The smallest absolute Gasteiger partial charge is 0.231 e. The molecule has 1 aliphatic heterocycles. The van der Waals surface area contributed by atoms with E-state index in [0.29, 0.717) is 24.9 Å². The van der Waals surface area contributed by atoms with Gasteiger partial charge in [0.2, 0.25) is 6.79 Å². The first-order chi connectivity index (χ1) is 7.27. The molecule has 2 rings (SSSR count). The molecule has 1 aromatic rings. The van der Waals surface area contributed by atoms with Crippen LogP contribution in [0, 0.1) is 0 Å². The Morgan fingerprint density at radius 3 is 3.13 bits per heavy atom. The fraction of sp³-hybridized carbons (Fsp3) is 0.273. The first-order valence-electron chi connectivity index (χ1n) is 4.69. The molecule has 0 bridgehead atoms. The average Bonchev–Trinajstić information content (AvgIpc) is 2.65. The standard InChI is InChI=1S/C11H12ClNO2/c1-8(12)5-13-6-9-3-2-4-10-11(9)15-7-14-10/h2-4,13H,1,5-7H2. The number of nitrogens with one attached hydrogen (secondary N) is 1. The van der Waals surface area contributed by atoms with E-state index in [1.54, 1.807) is 0 Å². The highest BCUT2D eigenvalue weighted by Gasteiger charge is 2.16. The molecule has 0 fully saturated rings. The van der Waals surface area contributed by atoms with Crippen LogP contribution < -0.4 is 14.8 Å². The van der Waals surface area contributed by atoms with E-state index in [1.807, 2.05) is 18.2 Å². The zero-order chi connectivity index (χ0) is 10.7. The highest BCUT2D eigenvalue weighted by atomic mass is 35.5. The second-order valence-corrected chi connectivity index (χ2v) is 3.81. The second kappa shape index (κ2) is 4.55. The number of benzene rings is 1. The van der Waals surface area contributed by atoms with Crippen molar-refractivity contribution in [1.29, 1.82) is 0 Å². The van der Waals surface area contributed by atoms with Crippen molar-refractivity contribution in [1.82, 2.24) is 5.32 Å². The predicted molar refractivity (Wildman–Crippen MR) is 59.3 cm³/mol. The predicted octanol–water partition coefficient (Wildman–Crippen LogP) is 2.26.